The summed E-state index contributed by atoms with van der Waals surface area (Å²) in [7, 11) is 0. The van der Waals surface area contributed by atoms with Gasteiger partial charge in [0.1, 0.15) is 6.04 Å². The van der Waals surface area contributed by atoms with Gasteiger partial charge in [0.05, 0.1) is 5.92 Å². The van der Waals surface area contributed by atoms with Gasteiger partial charge < -0.3 is 16.4 Å². The predicted molar refractivity (Wildman–Crippen MR) is 68.3 cm³/mol. The zero-order valence-electron chi connectivity index (χ0n) is 11.2. The van der Waals surface area contributed by atoms with Crippen molar-refractivity contribution in [2.75, 3.05) is 13.1 Å². The van der Waals surface area contributed by atoms with Gasteiger partial charge in [0.15, 0.2) is 0 Å². The maximum atomic E-state index is 11.8. The van der Waals surface area contributed by atoms with E-state index in [1.165, 1.54) is 0 Å². The first kappa shape index (κ1) is 15.9. The van der Waals surface area contributed by atoms with Crippen LogP contribution in [0, 0.1) is 11.8 Å². The van der Waals surface area contributed by atoms with Gasteiger partial charge in [-0.05, 0) is 19.3 Å². The second kappa shape index (κ2) is 8.06. The van der Waals surface area contributed by atoms with Crippen LogP contribution in [0.1, 0.15) is 34.1 Å². The number of rotatable bonds is 7. The van der Waals surface area contributed by atoms with E-state index in [0.29, 0.717) is 13.1 Å². The number of nitrogens with two attached hydrogens (primary N) is 1. The Balaban J connectivity index is 4.22. The average Bonchev–Trinajstić information content (AvgIpc) is 2.25. The summed E-state index contributed by atoms with van der Waals surface area (Å²) in [4.78, 5) is 23.4. The van der Waals surface area contributed by atoms with Crippen LogP contribution in [-0.2, 0) is 9.59 Å². The molecule has 2 amide bonds. The van der Waals surface area contributed by atoms with Crippen LogP contribution in [0.3, 0.4) is 0 Å². The minimum Gasteiger partial charge on any atom is -0.354 e. The van der Waals surface area contributed by atoms with E-state index in [4.69, 9.17) is 5.73 Å². The van der Waals surface area contributed by atoms with Gasteiger partial charge in [-0.1, -0.05) is 20.8 Å². The van der Waals surface area contributed by atoms with E-state index in [2.05, 4.69) is 10.6 Å². The smallest absolute Gasteiger partial charge is 0.242 e. The molecule has 0 aromatic heterocycles. The topological polar surface area (TPSA) is 84.2 Å². The number of carbonyl (C=O) groups is 2. The lowest BCUT2D eigenvalue weighted by Crippen LogP contribution is -2.48. The summed E-state index contributed by atoms with van der Waals surface area (Å²) in [6.07, 6.45) is 0.879. The highest BCUT2D eigenvalue weighted by atomic mass is 16.2. The Labute approximate surface area is 104 Å². The molecule has 4 N–H and O–H groups in total. The monoisotopic (exact) mass is 243 g/mol. The summed E-state index contributed by atoms with van der Waals surface area (Å²) in [5.74, 6) is -0.372. The molecule has 0 aliphatic rings. The van der Waals surface area contributed by atoms with Crippen LogP contribution in [0.5, 0.6) is 0 Å². The third-order valence-electron chi connectivity index (χ3n) is 2.70. The zero-order valence-corrected chi connectivity index (χ0v) is 11.2. The summed E-state index contributed by atoms with van der Waals surface area (Å²) in [5.41, 5.74) is 5.55. The molecule has 0 aromatic rings. The fourth-order valence-electron chi connectivity index (χ4n) is 1.47. The van der Waals surface area contributed by atoms with Crippen LogP contribution in [0.2, 0.25) is 0 Å². The molecule has 17 heavy (non-hydrogen) atoms. The fraction of sp³-hybridized carbons (Fsp3) is 0.833. The van der Waals surface area contributed by atoms with Crippen molar-refractivity contribution in [3.63, 3.8) is 0 Å². The fourth-order valence-corrected chi connectivity index (χ4v) is 1.47. The third kappa shape index (κ3) is 5.68. The van der Waals surface area contributed by atoms with E-state index < -0.39 is 6.04 Å². The first-order chi connectivity index (χ1) is 7.93. The van der Waals surface area contributed by atoms with Crippen LogP contribution >= 0.6 is 0 Å². The lowest BCUT2D eigenvalue weighted by Gasteiger charge is -2.21. The van der Waals surface area contributed by atoms with E-state index in [1.807, 2.05) is 20.8 Å². The molecule has 0 radical (unpaired) electrons. The molecule has 0 aliphatic heterocycles. The zero-order chi connectivity index (χ0) is 13.4. The number of carbonyl (C=O) groups excluding carboxylic acids is 2. The summed E-state index contributed by atoms with van der Waals surface area (Å²) < 4.78 is 0. The summed E-state index contributed by atoms with van der Waals surface area (Å²) >= 11 is 0. The van der Waals surface area contributed by atoms with Crippen LogP contribution in [0.4, 0.5) is 0 Å². The van der Waals surface area contributed by atoms with Gasteiger partial charge in [-0.3, -0.25) is 9.59 Å². The Kier molecular flexibility index (Phi) is 7.54. The Bertz CT molecular complexity index is 254. The van der Waals surface area contributed by atoms with E-state index in [0.717, 1.165) is 6.42 Å². The molecule has 100 valence electrons. The van der Waals surface area contributed by atoms with Crippen molar-refractivity contribution >= 4 is 11.8 Å². The maximum absolute atomic E-state index is 11.8. The largest absolute Gasteiger partial charge is 0.354 e. The molecule has 0 aromatic carbocycles. The van der Waals surface area contributed by atoms with Gasteiger partial charge in [0.2, 0.25) is 11.8 Å². The summed E-state index contributed by atoms with van der Waals surface area (Å²) in [6.45, 7) is 8.47. The van der Waals surface area contributed by atoms with E-state index >= 15 is 0 Å². The quantitative estimate of drug-likeness (QED) is 0.599. The van der Waals surface area contributed by atoms with Gasteiger partial charge >= 0.3 is 0 Å². The highest BCUT2D eigenvalue weighted by Crippen LogP contribution is 2.09. The van der Waals surface area contributed by atoms with Crippen molar-refractivity contribution in [3.8, 4) is 0 Å². The highest BCUT2D eigenvalue weighted by molar-refractivity contribution is 5.88. The van der Waals surface area contributed by atoms with Gasteiger partial charge in [0, 0.05) is 13.1 Å². The molecule has 0 rings (SSSR count). The summed E-state index contributed by atoms with van der Waals surface area (Å²) in [6, 6.07) is -0.512. The minimum absolute atomic E-state index is 0.151. The molecule has 5 heteroatoms. The molecule has 0 saturated carbocycles. The van der Waals surface area contributed by atoms with Crippen LogP contribution in [-0.4, -0.2) is 30.9 Å². The molecule has 0 spiro atoms. The number of hydrogen-bond acceptors (Lipinski definition) is 3. The van der Waals surface area contributed by atoms with Gasteiger partial charge in [-0.15, -0.1) is 0 Å². The van der Waals surface area contributed by atoms with E-state index in [1.54, 1.807) is 6.92 Å². The standard InChI is InChI=1S/C12H25N3O2/c1-5-6-14-11(16)9(4)15-12(17)10(7-13)8(2)3/h8-10H,5-7,13H2,1-4H3,(H,14,16)(H,15,17). The van der Waals surface area contributed by atoms with Crippen LogP contribution in [0.15, 0.2) is 0 Å². The molecule has 5 nitrogen and oxygen atoms in total. The Morgan fingerprint density at radius 3 is 2.18 bits per heavy atom. The van der Waals surface area contributed by atoms with Crippen molar-refractivity contribution in [1.29, 1.82) is 0 Å². The highest BCUT2D eigenvalue weighted by Gasteiger charge is 2.23. The molecule has 0 bridgehead atoms. The molecule has 2 atom stereocenters. The normalized spacial score (nSPS) is 14.2. The molecule has 0 aliphatic carbocycles. The number of amides is 2. The molecule has 0 heterocycles. The van der Waals surface area contributed by atoms with Crippen molar-refractivity contribution in [3.05, 3.63) is 0 Å². The lowest BCUT2D eigenvalue weighted by molar-refractivity contribution is -0.131. The molecular formula is C12H25N3O2. The van der Waals surface area contributed by atoms with Gasteiger partial charge in [-0.25, -0.2) is 0 Å². The molecule has 2 unspecified atom stereocenters. The lowest BCUT2D eigenvalue weighted by atomic mass is 9.95. The van der Waals surface area contributed by atoms with Crippen molar-refractivity contribution in [1.82, 2.24) is 10.6 Å². The van der Waals surface area contributed by atoms with Gasteiger partial charge in [0.25, 0.3) is 0 Å². The van der Waals surface area contributed by atoms with Crippen molar-refractivity contribution in [2.24, 2.45) is 17.6 Å². The minimum atomic E-state index is -0.512. The second-order valence-electron chi connectivity index (χ2n) is 4.61. The Morgan fingerprint density at radius 2 is 1.76 bits per heavy atom. The molecular weight excluding hydrogens is 218 g/mol. The van der Waals surface area contributed by atoms with Crippen molar-refractivity contribution < 1.29 is 9.59 Å². The number of nitrogens with one attached hydrogen (secondary N) is 2. The predicted octanol–water partition coefficient (Wildman–Crippen LogP) is 0.248. The van der Waals surface area contributed by atoms with Crippen LogP contribution in [0.25, 0.3) is 0 Å². The van der Waals surface area contributed by atoms with E-state index in [9.17, 15) is 9.59 Å². The first-order valence-electron chi connectivity index (χ1n) is 6.22. The van der Waals surface area contributed by atoms with Gasteiger partial charge in [-0.2, -0.15) is 0 Å². The SMILES string of the molecule is CCCNC(=O)C(C)NC(=O)C(CN)C(C)C. The van der Waals surface area contributed by atoms with Crippen LogP contribution < -0.4 is 16.4 Å². The Hall–Kier alpha value is -1.10. The van der Waals surface area contributed by atoms with E-state index in [-0.39, 0.29) is 23.7 Å². The average molecular weight is 243 g/mol. The number of hydrogen-bond donors (Lipinski definition) is 3. The van der Waals surface area contributed by atoms with Crippen molar-refractivity contribution in [2.45, 2.75) is 40.2 Å². The Morgan fingerprint density at radius 1 is 1.18 bits per heavy atom. The summed E-state index contributed by atoms with van der Waals surface area (Å²) in [5, 5.41) is 5.43. The molecule has 0 fully saturated rings. The molecule has 0 saturated heterocycles. The third-order valence-corrected chi connectivity index (χ3v) is 2.70. The maximum Gasteiger partial charge on any atom is 0.242 e. The first-order valence-corrected chi connectivity index (χ1v) is 6.22. The second-order valence-corrected chi connectivity index (χ2v) is 4.61.